The molecule has 0 aromatic carbocycles. The number of hydrogen-bond donors (Lipinski definition) is 1. The molecule has 1 N–H and O–H groups in total. The van der Waals surface area contributed by atoms with Gasteiger partial charge >= 0.3 is 6.18 Å². The van der Waals surface area contributed by atoms with Gasteiger partial charge in [0.25, 0.3) is 5.91 Å². The second-order valence-electron chi connectivity index (χ2n) is 6.64. The number of ether oxygens (including phenoxy) is 1. The van der Waals surface area contributed by atoms with Crippen molar-refractivity contribution < 1.29 is 22.7 Å². The molecule has 0 radical (unpaired) electrons. The van der Waals surface area contributed by atoms with Crippen molar-refractivity contribution in [2.24, 2.45) is 5.92 Å². The molecule has 138 valence electrons. The Kier molecular flexibility index (Phi) is 5.58. The van der Waals surface area contributed by atoms with Gasteiger partial charge in [-0.1, -0.05) is 0 Å². The van der Waals surface area contributed by atoms with Crippen molar-refractivity contribution in [3.8, 4) is 0 Å². The van der Waals surface area contributed by atoms with Crippen LogP contribution >= 0.6 is 0 Å². The topological polar surface area (TPSA) is 54.5 Å². The molecule has 3 rings (SSSR count). The Morgan fingerprint density at radius 1 is 1.28 bits per heavy atom. The minimum Gasteiger partial charge on any atom is -0.380 e. The summed E-state index contributed by atoms with van der Waals surface area (Å²) >= 11 is 0. The third kappa shape index (κ3) is 4.70. The van der Waals surface area contributed by atoms with Crippen LogP contribution in [0.15, 0.2) is 18.3 Å². The van der Waals surface area contributed by atoms with Crippen LogP contribution in [0.1, 0.15) is 35.3 Å². The summed E-state index contributed by atoms with van der Waals surface area (Å²) in [5, 5.41) is 2.81. The Balaban J connectivity index is 1.43. The molecule has 1 amide bonds. The fourth-order valence-electron chi connectivity index (χ4n) is 3.37. The first-order valence-electron chi connectivity index (χ1n) is 8.57. The Morgan fingerprint density at radius 2 is 2.04 bits per heavy atom. The first-order valence-corrected chi connectivity index (χ1v) is 8.57. The molecule has 8 heteroatoms. The number of pyridine rings is 1. The van der Waals surface area contributed by atoms with E-state index in [1.54, 1.807) is 0 Å². The quantitative estimate of drug-likeness (QED) is 0.899. The number of nitrogens with one attached hydrogen (secondary N) is 1. The summed E-state index contributed by atoms with van der Waals surface area (Å²) in [5.41, 5.74) is -0.846. The predicted octanol–water partition coefficient (Wildman–Crippen LogP) is 2.33. The molecule has 1 unspecified atom stereocenters. The fourth-order valence-corrected chi connectivity index (χ4v) is 3.37. The molecule has 0 aliphatic carbocycles. The van der Waals surface area contributed by atoms with Crippen LogP contribution in [0.25, 0.3) is 0 Å². The molecule has 1 aromatic rings. The fraction of sp³-hybridized carbons (Fsp3) is 0.647. The smallest absolute Gasteiger partial charge is 0.380 e. The highest BCUT2D eigenvalue weighted by atomic mass is 19.4. The average molecular weight is 357 g/mol. The Labute approximate surface area is 144 Å². The number of carbonyl (C=O) groups excluding carboxylic acids is 1. The number of carbonyl (C=O) groups is 1. The van der Waals surface area contributed by atoms with Gasteiger partial charge in [-0.25, -0.2) is 0 Å². The average Bonchev–Trinajstić information content (AvgIpc) is 3.14. The highest BCUT2D eigenvalue weighted by molar-refractivity contribution is 5.93. The van der Waals surface area contributed by atoms with Crippen molar-refractivity contribution >= 4 is 5.91 Å². The van der Waals surface area contributed by atoms with Crippen molar-refractivity contribution in [2.75, 3.05) is 32.8 Å². The van der Waals surface area contributed by atoms with Gasteiger partial charge in [-0.3, -0.25) is 14.7 Å². The van der Waals surface area contributed by atoms with E-state index in [2.05, 4.69) is 15.2 Å². The highest BCUT2D eigenvalue weighted by Crippen LogP contribution is 2.27. The molecular weight excluding hydrogens is 335 g/mol. The maximum Gasteiger partial charge on any atom is 0.433 e. The van der Waals surface area contributed by atoms with Gasteiger partial charge in [0.1, 0.15) is 5.69 Å². The van der Waals surface area contributed by atoms with Crippen LogP contribution in [0, 0.1) is 5.92 Å². The molecule has 1 aromatic heterocycles. The summed E-state index contributed by atoms with van der Waals surface area (Å²) in [4.78, 5) is 17.8. The summed E-state index contributed by atoms with van der Waals surface area (Å²) in [7, 11) is 0. The minimum atomic E-state index is -4.49. The van der Waals surface area contributed by atoms with Gasteiger partial charge in [-0.05, 0) is 50.4 Å². The molecule has 25 heavy (non-hydrogen) atoms. The van der Waals surface area contributed by atoms with Crippen LogP contribution < -0.4 is 5.32 Å². The Morgan fingerprint density at radius 3 is 2.60 bits per heavy atom. The van der Waals surface area contributed by atoms with Gasteiger partial charge in [0, 0.05) is 25.4 Å². The van der Waals surface area contributed by atoms with Crippen LogP contribution in [-0.2, 0) is 10.9 Å². The van der Waals surface area contributed by atoms with Gasteiger partial charge in [0.05, 0.1) is 12.2 Å². The lowest BCUT2D eigenvalue weighted by molar-refractivity contribution is -0.141. The number of likely N-dealkylation sites (tertiary alicyclic amines) is 1. The second kappa shape index (κ2) is 7.70. The number of alkyl halides is 3. The largest absolute Gasteiger partial charge is 0.433 e. The zero-order valence-electron chi connectivity index (χ0n) is 13.9. The number of piperidine rings is 1. The van der Waals surface area contributed by atoms with Crippen molar-refractivity contribution in [2.45, 2.75) is 31.5 Å². The third-order valence-corrected chi connectivity index (χ3v) is 4.94. The van der Waals surface area contributed by atoms with Crippen molar-refractivity contribution in [3.05, 3.63) is 29.6 Å². The van der Waals surface area contributed by atoms with E-state index < -0.39 is 11.9 Å². The van der Waals surface area contributed by atoms with Crippen LogP contribution in [-0.4, -0.2) is 54.7 Å². The summed E-state index contributed by atoms with van der Waals surface area (Å²) < 4.78 is 42.9. The zero-order chi connectivity index (χ0) is 17.9. The van der Waals surface area contributed by atoms with E-state index in [0.29, 0.717) is 18.5 Å². The van der Waals surface area contributed by atoms with Gasteiger partial charge in [0.15, 0.2) is 0 Å². The van der Waals surface area contributed by atoms with Crippen molar-refractivity contribution in [1.82, 2.24) is 15.2 Å². The van der Waals surface area contributed by atoms with Gasteiger partial charge in [0.2, 0.25) is 0 Å². The lowest BCUT2D eigenvalue weighted by Gasteiger charge is -2.35. The Bertz CT molecular complexity index is 578. The first kappa shape index (κ1) is 18.1. The number of aromatic nitrogens is 1. The maximum absolute atomic E-state index is 12.5. The molecule has 0 saturated carbocycles. The second-order valence-corrected chi connectivity index (χ2v) is 6.64. The summed E-state index contributed by atoms with van der Waals surface area (Å²) in [6, 6.07) is 2.51. The number of amides is 1. The lowest BCUT2D eigenvalue weighted by Crippen LogP contribution is -2.44. The van der Waals surface area contributed by atoms with E-state index in [4.69, 9.17) is 4.74 Å². The SMILES string of the molecule is O=C(NCC1CCN(C2CCOC2)CC1)c1ccc(C(F)(F)F)nc1. The monoisotopic (exact) mass is 357 g/mol. The predicted molar refractivity (Wildman–Crippen MR) is 85.1 cm³/mol. The molecule has 2 fully saturated rings. The summed E-state index contributed by atoms with van der Waals surface area (Å²) in [6.07, 6.45) is -0.430. The van der Waals surface area contributed by atoms with Crippen molar-refractivity contribution in [1.29, 1.82) is 0 Å². The summed E-state index contributed by atoms with van der Waals surface area (Å²) in [5.74, 6) is 0.0118. The molecule has 2 saturated heterocycles. The standard InChI is InChI=1S/C17H22F3N3O2/c18-17(19,20)15-2-1-13(10-21-15)16(24)22-9-12-3-6-23(7-4-12)14-5-8-25-11-14/h1-2,10,12,14H,3-9,11H2,(H,22,24). The maximum atomic E-state index is 12.5. The van der Waals surface area contributed by atoms with E-state index in [0.717, 1.165) is 63.9 Å². The van der Waals surface area contributed by atoms with Gasteiger partial charge in [-0.15, -0.1) is 0 Å². The number of hydrogen-bond acceptors (Lipinski definition) is 4. The third-order valence-electron chi connectivity index (χ3n) is 4.94. The normalized spacial score (nSPS) is 22.9. The van der Waals surface area contributed by atoms with Crippen LogP contribution in [0.3, 0.4) is 0 Å². The molecule has 2 aliphatic rings. The molecule has 0 bridgehead atoms. The number of nitrogens with zero attached hydrogens (tertiary/aromatic N) is 2. The van der Waals surface area contributed by atoms with E-state index >= 15 is 0 Å². The molecule has 1 atom stereocenters. The van der Waals surface area contributed by atoms with E-state index in [9.17, 15) is 18.0 Å². The van der Waals surface area contributed by atoms with Crippen molar-refractivity contribution in [3.63, 3.8) is 0 Å². The molecule has 3 heterocycles. The molecule has 5 nitrogen and oxygen atoms in total. The van der Waals surface area contributed by atoms with E-state index in [1.807, 2.05) is 0 Å². The lowest BCUT2D eigenvalue weighted by atomic mass is 9.95. The summed E-state index contributed by atoms with van der Waals surface area (Å²) in [6.45, 7) is 4.17. The minimum absolute atomic E-state index is 0.147. The van der Waals surface area contributed by atoms with E-state index in [1.165, 1.54) is 0 Å². The van der Waals surface area contributed by atoms with Crippen LogP contribution in [0.2, 0.25) is 0 Å². The van der Waals surface area contributed by atoms with Crippen LogP contribution in [0.5, 0.6) is 0 Å². The first-order chi connectivity index (χ1) is 11.9. The Hall–Kier alpha value is -1.67. The van der Waals surface area contributed by atoms with Gasteiger partial charge in [-0.2, -0.15) is 13.2 Å². The number of rotatable bonds is 4. The number of halogens is 3. The van der Waals surface area contributed by atoms with Gasteiger partial charge < -0.3 is 10.1 Å². The molecular formula is C17H22F3N3O2. The molecule has 2 aliphatic heterocycles. The van der Waals surface area contributed by atoms with E-state index in [-0.39, 0.29) is 11.5 Å². The zero-order valence-corrected chi connectivity index (χ0v) is 13.9. The molecule has 0 spiro atoms. The van der Waals surface area contributed by atoms with Crippen LogP contribution in [0.4, 0.5) is 13.2 Å². The highest BCUT2D eigenvalue weighted by Gasteiger charge is 2.32.